The van der Waals surface area contributed by atoms with Crippen molar-refractivity contribution in [2.45, 2.75) is 6.42 Å². The van der Waals surface area contributed by atoms with Crippen molar-refractivity contribution in [3.05, 3.63) is 48.6 Å². The first-order valence-electron chi connectivity index (χ1n) is 6.67. The lowest BCUT2D eigenvalue weighted by Crippen LogP contribution is -2.29. The molecule has 120 valence electrons. The summed E-state index contributed by atoms with van der Waals surface area (Å²) >= 11 is 0. The van der Waals surface area contributed by atoms with Crippen molar-refractivity contribution >= 4 is 12.2 Å². The SMILES string of the molecule is C=CCc1cc(/C=N/n2cnnc2)cc(OC)c1OCC(=O)[O-]. The molecule has 2 aromatic rings. The van der Waals surface area contributed by atoms with E-state index < -0.39 is 12.6 Å². The number of nitrogens with zero attached hydrogens (tertiary/aromatic N) is 4. The highest BCUT2D eigenvalue weighted by atomic mass is 16.5. The number of methoxy groups -OCH3 is 1. The lowest BCUT2D eigenvalue weighted by molar-refractivity contribution is -0.307. The van der Waals surface area contributed by atoms with Gasteiger partial charge in [0.05, 0.1) is 19.3 Å². The number of aliphatic carboxylic acids is 1. The average Bonchev–Trinajstić information content (AvgIpc) is 3.04. The van der Waals surface area contributed by atoms with Gasteiger partial charge in [-0.2, -0.15) is 5.10 Å². The number of hydrogen-bond donors (Lipinski definition) is 0. The van der Waals surface area contributed by atoms with E-state index in [0.717, 1.165) is 11.1 Å². The zero-order valence-corrected chi connectivity index (χ0v) is 12.5. The molecule has 0 atom stereocenters. The van der Waals surface area contributed by atoms with E-state index in [1.807, 2.05) is 6.07 Å². The molecule has 0 spiro atoms. The molecule has 0 fully saturated rings. The van der Waals surface area contributed by atoms with E-state index in [-0.39, 0.29) is 0 Å². The molecule has 1 aromatic carbocycles. The Morgan fingerprint density at radius 2 is 2.17 bits per heavy atom. The molecular formula is C15H15N4O4-. The molecule has 0 aliphatic rings. The molecular weight excluding hydrogens is 300 g/mol. The fourth-order valence-electron chi connectivity index (χ4n) is 1.90. The van der Waals surface area contributed by atoms with Crippen molar-refractivity contribution in [1.29, 1.82) is 0 Å². The smallest absolute Gasteiger partial charge is 0.165 e. The summed E-state index contributed by atoms with van der Waals surface area (Å²) in [5.74, 6) is -0.566. The van der Waals surface area contributed by atoms with Crippen LogP contribution in [0, 0.1) is 0 Å². The van der Waals surface area contributed by atoms with E-state index in [9.17, 15) is 9.90 Å². The molecule has 0 unspecified atom stereocenters. The van der Waals surface area contributed by atoms with Crippen LogP contribution in [0.2, 0.25) is 0 Å². The Balaban J connectivity index is 2.35. The molecule has 0 saturated heterocycles. The molecule has 0 aliphatic carbocycles. The van der Waals surface area contributed by atoms with E-state index in [0.29, 0.717) is 17.9 Å². The summed E-state index contributed by atoms with van der Waals surface area (Å²) in [6.45, 7) is 3.12. The van der Waals surface area contributed by atoms with Gasteiger partial charge in [0.25, 0.3) is 0 Å². The minimum atomic E-state index is -1.31. The molecule has 2 rings (SSSR count). The van der Waals surface area contributed by atoms with Crippen LogP contribution in [0.1, 0.15) is 11.1 Å². The second kappa shape index (κ2) is 7.74. The number of hydrogen-bond acceptors (Lipinski definition) is 7. The van der Waals surface area contributed by atoms with Gasteiger partial charge in [-0.1, -0.05) is 6.08 Å². The first-order chi connectivity index (χ1) is 11.1. The standard InChI is InChI=1S/C15H16N4O4/c1-3-4-12-5-11(7-18-19-9-16-17-10-19)6-13(22-2)15(12)23-8-14(20)21/h3,5-7,9-10H,1,4,8H2,2H3,(H,20,21)/p-1/b18-7+. The van der Waals surface area contributed by atoms with Crippen molar-refractivity contribution in [3.63, 3.8) is 0 Å². The number of ether oxygens (including phenoxy) is 2. The molecule has 0 radical (unpaired) electrons. The minimum absolute atomic E-state index is 0.345. The van der Waals surface area contributed by atoms with Gasteiger partial charge < -0.3 is 19.4 Å². The van der Waals surface area contributed by atoms with Crippen LogP contribution in [-0.4, -0.2) is 40.8 Å². The van der Waals surface area contributed by atoms with Gasteiger partial charge >= 0.3 is 0 Å². The summed E-state index contributed by atoms with van der Waals surface area (Å²) in [6.07, 6.45) is 6.67. The van der Waals surface area contributed by atoms with Gasteiger partial charge in [0.15, 0.2) is 11.5 Å². The molecule has 0 saturated carbocycles. The quantitative estimate of drug-likeness (QED) is 0.503. The van der Waals surface area contributed by atoms with Crippen molar-refractivity contribution in [3.8, 4) is 11.5 Å². The zero-order valence-electron chi connectivity index (χ0n) is 12.5. The second-order valence-electron chi connectivity index (χ2n) is 4.45. The van der Waals surface area contributed by atoms with Crippen LogP contribution in [0.25, 0.3) is 0 Å². The molecule has 8 nitrogen and oxygen atoms in total. The predicted molar refractivity (Wildman–Crippen MR) is 80.4 cm³/mol. The number of carbonyl (C=O) groups excluding carboxylic acids is 1. The van der Waals surface area contributed by atoms with Crippen LogP contribution in [0.15, 0.2) is 42.5 Å². The number of rotatable bonds is 8. The third-order valence-corrected chi connectivity index (χ3v) is 2.82. The highest BCUT2D eigenvalue weighted by Crippen LogP contribution is 2.33. The van der Waals surface area contributed by atoms with Gasteiger partial charge in [-0.15, -0.1) is 16.8 Å². The van der Waals surface area contributed by atoms with Crippen LogP contribution < -0.4 is 14.6 Å². The van der Waals surface area contributed by atoms with Gasteiger partial charge in [0.2, 0.25) is 0 Å². The average molecular weight is 315 g/mol. The largest absolute Gasteiger partial charge is 0.546 e. The minimum Gasteiger partial charge on any atom is -0.546 e. The van der Waals surface area contributed by atoms with Crippen LogP contribution in [0.5, 0.6) is 11.5 Å². The number of allylic oxidation sites excluding steroid dienone is 1. The zero-order chi connectivity index (χ0) is 16.7. The Labute approximate surface area is 132 Å². The molecule has 23 heavy (non-hydrogen) atoms. The van der Waals surface area contributed by atoms with Crippen molar-refractivity contribution in [1.82, 2.24) is 14.9 Å². The third kappa shape index (κ3) is 4.40. The maximum atomic E-state index is 10.6. The van der Waals surface area contributed by atoms with E-state index in [4.69, 9.17) is 9.47 Å². The fraction of sp³-hybridized carbons (Fsp3) is 0.200. The number of carbonyl (C=O) groups is 1. The molecule has 1 aromatic heterocycles. The number of carboxylic acids is 1. The molecule has 0 bridgehead atoms. The highest BCUT2D eigenvalue weighted by Gasteiger charge is 2.12. The van der Waals surface area contributed by atoms with E-state index in [1.54, 1.807) is 18.4 Å². The third-order valence-electron chi connectivity index (χ3n) is 2.82. The Hall–Kier alpha value is -3.16. The summed E-state index contributed by atoms with van der Waals surface area (Å²) in [7, 11) is 1.47. The van der Waals surface area contributed by atoms with Crippen molar-refractivity contribution < 1.29 is 19.4 Å². The summed E-state index contributed by atoms with van der Waals surface area (Å²) in [6, 6.07) is 3.49. The van der Waals surface area contributed by atoms with Gasteiger partial charge in [-0.25, -0.2) is 4.68 Å². The monoisotopic (exact) mass is 315 g/mol. The fourth-order valence-corrected chi connectivity index (χ4v) is 1.90. The lowest BCUT2D eigenvalue weighted by atomic mass is 10.1. The lowest BCUT2D eigenvalue weighted by Gasteiger charge is -2.15. The van der Waals surface area contributed by atoms with Crippen LogP contribution in [0.4, 0.5) is 0 Å². The summed E-state index contributed by atoms with van der Waals surface area (Å²) in [4.78, 5) is 10.6. The van der Waals surface area contributed by atoms with E-state index in [1.165, 1.54) is 24.4 Å². The Morgan fingerprint density at radius 3 is 2.78 bits per heavy atom. The molecule has 0 aliphatic heterocycles. The van der Waals surface area contributed by atoms with E-state index >= 15 is 0 Å². The maximum Gasteiger partial charge on any atom is 0.165 e. The Bertz CT molecular complexity index is 711. The number of benzene rings is 1. The Morgan fingerprint density at radius 1 is 1.43 bits per heavy atom. The normalized spacial score (nSPS) is 10.7. The van der Waals surface area contributed by atoms with Crippen LogP contribution in [0.3, 0.4) is 0 Å². The predicted octanol–water partition coefficient (Wildman–Crippen LogP) is 0.0261. The van der Waals surface area contributed by atoms with Crippen molar-refractivity contribution in [2.75, 3.05) is 13.7 Å². The summed E-state index contributed by atoms with van der Waals surface area (Å²) in [5.41, 5.74) is 1.47. The number of aromatic nitrogens is 3. The van der Waals surface area contributed by atoms with Crippen LogP contribution in [-0.2, 0) is 11.2 Å². The second-order valence-corrected chi connectivity index (χ2v) is 4.45. The first-order valence-corrected chi connectivity index (χ1v) is 6.67. The topological polar surface area (TPSA) is 102 Å². The van der Waals surface area contributed by atoms with Gasteiger partial charge in [-0.3, -0.25) is 0 Å². The highest BCUT2D eigenvalue weighted by molar-refractivity contribution is 5.81. The molecule has 0 amide bonds. The number of carboxylic acid groups (broad SMARTS) is 1. The molecule has 1 heterocycles. The van der Waals surface area contributed by atoms with Crippen LogP contribution >= 0.6 is 0 Å². The maximum absolute atomic E-state index is 10.6. The molecule has 0 N–H and O–H groups in total. The van der Waals surface area contributed by atoms with Gasteiger partial charge in [0, 0.05) is 5.56 Å². The van der Waals surface area contributed by atoms with Gasteiger partial charge in [-0.05, 0) is 24.1 Å². The summed E-state index contributed by atoms with van der Waals surface area (Å²) in [5, 5.41) is 22.1. The molecule has 8 heteroatoms. The van der Waals surface area contributed by atoms with Gasteiger partial charge in [0.1, 0.15) is 19.3 Å². The van der Waals surface area contributed by atoms with E-state index in [2.05, 4.69) is 21.9 Å². The summed E-state index contributed by atoms with van der Waals surface area (Å²) < 4.78 is 12.0. The first kappa shape index (κ1) is 16.2. The Kier molecular flexibility index (Phi) is 5.45. The van der Waals surface area contributed by atoms with Crippen molar-refractivity contribution in [2.24, 2.45) is 5.10 Å².